The van der Waals surface area contributed by atoms with Crippen LogP contribution in [0.4, 0.5) is 5.82 Å². The standard InChI is InChI=1S/C27H32N4O4/c1-3-4-14-34-15-16-35-27-23(24(32)19-8-6-5-7-9-19)25(28)31(30-27)22-17-20(11-10-18(22)2)26(33)29-21-12-13-21/h5-11,17,21H,3-4,12-16,28H2,1-2H3,(H,29,33). The van der Waals surface area contributed by atoms with Crippen molar-refractivity contribution in [3.63, 3.8) is 0 Å². The summed E-state index contributed by atoms with van der Waals surface area (Å²) >= 11 is 0. The SMILES string of the molecule is CCCCOCCOc1nn(-c2cc(C(=O)NC3CC3)ccc2C)c(N)c1C(=O)c1ccccc1. The molecular formula is C27H32N4O4. The largest absolute Gasteiger partial charge is 0.474 e. The van der Waals surface area contributed by atoms with Gasteiger partial charge in [-0.3, -0.25) is 9.59 Å². The number of nitrogens with one attached hydrogen (secondary N) is 1. The first kappa shape index (κ1) is 24.5. The molecule has 0 atom stereocenters. The van der Waals surface area contributed by atoms with Crippen molar-refractivity contribution in [2.24, 2.45) is 0 Å². The Balaban J connectivity index is 1.66. The number of carbonyl (C=O) groups excluding carboxylic acids is 2. The van der Waals surface area contributed by atoms with E-state index in [1.54, 1.807) is 36.4 Å². The molecule has 1 heterocycles. The smallest absolute Gasteiger partial charge is 0.251 e. The summed E-state index contributed by atoms with van der Waals surface area (Å²) in [5.41, 5.74) is 9.15. The fourth-order valence-corrected chi connectivity index (χ4v) is 3.66. The van der Waals surface area contributed by atoms with E-state index in [1.807, 2.05) is 19.1 Å². The molecule has 35 heavy (non-hydrogen) atoms. The Morgan fingerprint density at radius 2 is 1.86 bits per heavy atom. The zero-order valence-electron chi connectivity index (χ0n) is 20.3. The van der Waals surface area contributed by atoms with Gasteiger partial charge in [-0.05, 0) is 43.9 Å². The molecule has 0 aliphatic heterocycles. The van der Waals surface area contributed by atoms with Crippen LogP contribution in [0.2, 0.25) is 0 Å². The summed E-state index contributed by atoms with van der Waals surface area (Å²) in [7, 11) is 0. The Bertz CT molecular complexity index is 1190. The van der Waals surface area contributed by atoms with Gasteiger partial charge in [0.25, 0.3) is 5.91 Å². The van der Waals surface area contributed by atoms with Crippen LogP contribution in [0, 0.1) is 6.92 Å². The Hall–Kier alpha value is -3.65. The number of carbonyl (C=O) groups is 2. The molecule has 1 saturated carbocycles. The fourth-order valence-electron chi connectivity index (χ4n) is 3.66. The number of aromatic nitrogens is 2. The lowest BCUT2D eigenvalue weighted by atomic mass is 10.1. The number of nitrogens with zero attached hydrogens (tertiary/aromatic N) is 2. The number of anilines is 1. The summed E-state index contributed by atoms with van der Waals surface area (Å²) in [5, 5.41) is 7.55. The average Bonchev–Trinajstić information content (AvgIpc) is 3.63. The summed E-state index contributed by atoms with van der Waals surface area (Å²) < 4.78 is 12.9. The van der Waals surface area contributed by atoms with E-state index >= 15 is 0 Å². The monoisotopic (exact) mass is 476 g/mol. The van der Waals surface area contributed by atoms with Crippen molar-refractivity contribution in [1.82, 2.24) is 15.1 Å². The van der Waals surface area contributed by atoms with Crippen LogP contribution in [-0.4, -0.2) is 47.3 Å². The Morgan fingerprint density at radius 3 is 2.57 bits per heavy atom. The number of unbranched alkanes of at least 4 members (excludes halogenated alkanes) is 1. The molecule has 0 unspecified atom stereocenters. The second-order valence-corrected chi connectivity index (χ2v) is 8.74. The van der Waals surface area contributed by atoms with Gasteiger partial charge in [0.15, 0.2) is 0 Å². The summed E-state index contributed by atoms with van der Waals surface area (Å²) in [5.74, 6) is -0.122. The topological polar surface area (TPSA) is 108 Å². The number of aryl methyl sites for hydroxylation is 1. The van der Waals surface area contributed by atoms with E-state index in [1.165, 1.54) is 4.68 Å². The molecule has 0 saturated heterocycles. The molecule has 0 bridgehead atoms. The molecular weight excluding hydrogens is 444 g/mol. The lowest BCUT2D eigenvalue weighted by Gasteiger charge is -2.11. The highest BCUT2D eigenvalue weighted by Gasteiger charge is 2.27. The van der Waals surface area contributed by atoms with Gasteiger partial charge in [0.05, 0.1) is 12.3 Å². The van der Waals surface area contributed by atoms with Gasteiger partial charge < -0.3 is 20.5 Å². The van der Waals surface area contributed by atoms with Crippen molar-refractivity contribution >= 4 is 17.5 Å². The van der Waals surface area contributed by atoms with Crippen molar-refractivity contribution in [3.8, 4) is 11.6 Å². The van der Waals surface area contributed by atoms with E-state index in [0.29, 0.717) is 30.0 Å². The van der Waals surface area contributed by atoms with E-state index in [9.17, 15) is 9.59 Å². The molecule has 4 rings (SSSR count). The number of amides is 1. The second kappa shape index (κ2) is 11.2. The van der Waals surface area contributed by atoms with Crippen molar-refractivity contribution in [1.29, 1.82) is 0 Å². The highest BCUT2D eigenvalue weighted by atomic mass is 16.5. The van der Waals surface area contributed by atoms with E-state index in [4.69, 9.17) is 15.2 Å². The third-order valence-corrected chi connectivity index (χ3v) is 5.87. The van der Waals surface area contributed by atoms with E-state index < -0.39 is 0 Å². The lowest BCUT2D eigenvalue weighted by Crippen LogP contribution is -2.25. The summed E-state index contributed by atoms with van der Waals surface area (Å²) in [6, 6.07) is 14.5. The summed E-state index contributed by atoms with van der Waals surface area (Å²) in [6.07, 6.45) is 4.03. The number of ketones is 1. The molecule has 1 aromatic heterocycles. The van der Waals surface area contributed by atoms with Crippen LogP contribution in [0.25, 0.3) is 5.69 Å². The van der Waals surface area contributed by atoms with E-state index in [0.717, 1.165) is 31.2 Å². The van der Waals surface area contributed by atoms with Gasteiger partial charge in [0, 0.05) is 23.8 Å². The number of rotatable bonds is 12. The van der Waals surface area contributed by atoms with Gasteiger partial charge in [0.2, 0.25) is 11.7 Å². The molecule has 0 radical (unpaired) electrons. The van der Waals surface area contributed by atoms with Gasteiger partial charge in [-0.2, -0.15) is 0 Å². The van der Waals surface area contributed by atoms with Crippen LogP contribution in [0.15, 0.2) is 48.5 Å². The van der Waals surface area contributed by atoms with Crippen LogP contribution in [0.3, 0.4) is 0 Å². The summed E-state index contributed by atoms with van der Waals surface area (Å²) in [4.78, 5) is 26.0. The van der Waals surface area contributed by atoms with Gasteiger partial charge in [-0.15, -0.1) is 5.10 Å². The zero-order valence-corrected chi connectivity index (χ0v) is 20.3. The Labute approximate surface area is 205 Å². The highest BCUT2D eigenvalue weighted by molar-refractivity contribution is 6.13. The van der Waals surface area contributed by atoms with Crippen molar-refractivity contribution in [3.05, 3.63) is 70.8 Å². The first-order valence-electron chi connectivity index (χ1n) is 12.1. The van der Waals surface area contributed by atoms with E-state index in [2.05, 4.69) is 17.3 Å². The van der Waals surface area contributed by atoms with Crippen LogP contribution < -0.4 is 15.8 Å². The highest BCUT2D eigenvalue weighted by Crippen LogP contribution is 2.31. The molecule has 2 aromatic carbocycles. The van der Waals surface area contributed by atoms with Crippen molar-refractivity contribution < 1.29 is 19.1 Å². The molecule has 1 fully saturated rings. The van der Waals surface area contributed by atoms with Crippen LogP contribution in [0.5, 0.6) is 5.88 Å². The quantitative estimate of drug-likeness (QED) is 0.301. The van der Waals surface area contributed by atoms with Crippen LogP contribution in [0.1, 0.15) is 64.4 Å². The number of benzene rings is 2. The minimum absolute atomic E-state index is 0.138. The molecule has 3 aromatic rings. The first-order chi connectivity index (χ1) is 17.0. The lowest BCUT2D eigenvalue weighted by molar-refractivity contribution is 0.0941. The maximum absolute atomic E-state index is 13.4. The van der Waals surface area contributed by atoms with Crippen molar-refractivity contribution in [2.75, 3.05) is 25.6 Å². The predicted molar refractivity (Wildman–Crippen MR) is 134 cm³/mol. The number of nitrogen functional groups attached to an aromatic ring is 1. The summed E-state index contributed by atoms with van der Waals surface area (Å²) in [6.45, 7) is 5.27. The van der Waals surface area contributed by atoms with E-state index in [-0.39, 0.29) is 41.6 Å². The molecule has 8 nitrogen and oxygen atoms in total. The normalized spacial score (nSPS) is 13.0. The van der Waals surface area contributed by atoms with Gasteiger partial charge >= 0.3 is 0 Å². The number of hydrogen-bond acceptors (Lipinski definition) is 6. The zero-order chi connectivity index (χ0) is 24.8. The average molecular weight is 477 g/mol. The maximum Gasteiger partial charge on any atom is 0.251 e. The minimum atomic E-state index is -0.281. The number of hydrogen-bond donors (Lipinski definition) is 2. The third-order valence-electron chi connectivity index (χ3n) is 5.87. The van der Waals surface area contributed by atoms with Gasteiger partial charge in [0.1, 0.15) is 18.0 Å². The molecule has 1 aliphatic rings. The van der Waals surface area contributed by atoms with Crippen LogP contribution in [-0.2, 0) is 4.74 Å². The Kier molecular flexibility index (Phi) is 7.82. The second-order valence-electron chi connectivity index (χ2n) is 8.74. The molecule has 3 N–H and O–H groups in total. The van der Waals surface area contributed by atoms with Gasteiger partial charge in [-0.25, -0.2) is 4.68 Å². The Morgan fingerprint density at radius 1 is 1.09 bits per heavy atom. The number of nitrogens with two attached hydrogens (primary N) is 1. The molecule has 0 spiro atoms. The van der Waals surface area contributed by atoms with Crippen molar-refractivity contribution in [2.45, 2.75) is 45.6 Å². The molecule has 184 valence electrons. The minimum Gasteiger partial charge on any atom is -0.474 e. The first-order valence-corrected chi connectivity index (χ1v) is 12.1. The maximum atomic E-state index is 13.4. The molecule has 1 aliphatic carbocycles. The molecule has 8 heteroatoms. The fraction of sp³-hybridized carbons (Fsp3) is 0.370. The van der Waals surface area contributed by atoms with Crippen LogP contribution >= 0.6 is 0 Å². The third kappa shape index (κ3) is 5.89. The predicted octanol–water partition coefficient (Wildman–Crippen LogP) is 4.08. The number of ether oxygens (including phenoxy) is 2. The molecule has 1 amide bonds. The van der Waals surface area contributed by atoms with Gasteiger partial charge in [-0.1, -0.05) is 49.7 Å².